The number of aromatic nitrogens is 3. The Morgan fingerprint density at radius 2 is 2.39 bits per heavy atom. The first kappa shape index (κ1) is 16.2. The van der Waals surface area contributed by atoms with E-state index in [0.717, 1.165) is 45.3 Å². The summed E-state index contributed by atoms with van der Waals surface area (Å²) in [4.78, 5) is 19.2. The largest absolute Gasteiger partial charge is 0.342 e. The second-order valence-corrected chi connectivity index (χ2v) is 6.97. The molecule has 2 aromatic rings. The van der Waals surface area contributed by atoms with Gasteiger partial charge in [-0.25, -0.2) is 4.98 Å². The van der Waals surface area contributed by atoms with Crippen molar-refractivity contribution in [3.05, 3.63) is 34.5 Å². The van der Waals surface area contributed by atoms with Gasteiger partial charge in [0.1, 0.15) is 0 Å². The predicted molar refractivity (Wildman–Crippen MR) is 91.5 cm³/mol. The highest BCUT2D eigenvalue weighted by Crippen LogP contribution is 2.29. The molecule has 0 aromatic carbocycles. The van der Waals surface area contributed by atoms with Gasteiger partial charge in [0.25, 0.3) is 0 Å². The van der Waals surface area contributed by atoms with Crippen LogP contribution in [-0.2, 0) is 17.8 Å². The van der Waals surface area contributed by atoms with Crippen molar-refractivity contribution in [3.63, 3.8) is 0 Å². The molecule has 124 valence electrons. The summed E-state index contributed by atoms with van der Waals surface area (Å²) >= 11 is 1.75. The Labute approximate surface area is 141 Å². The summed E-state index contributed by atoms with van der Waals surface area (Å²) in [6.07, 6.45) is 8.37. The van der Waals surface area contributed by atoms with Crippen molar-refractivity contribution >= 4 is 17.2 Å². The number of aryl methyl sites for hydroxylation is 2. The third-order valence-corrected chi connectivity index (χ3v) is 5.45. The first-order chi connectivity index (χ1) is 11.3. The van der Waals surface area contributed by atoms with Gasteiger partial charge in [-0.05, 0) is 31.7 Å². The Balaban J connectivity index is 1.50. The van der Waals surface area contributed by atoms with Crippen LogP contribution in [0, 0.1) is 0 Å². The molecule has 0 saturated carbocycles. The number of piperidine rings is 1. The van der Waals surface area contributed by atoms with Crippen LogP contribution in [0.1, 0.15) is 49.2 Å². The average Bonchev–Trinajstić information content (AvgIpc) is 3.26. The maximum Gasteiger partial charge on any atom is 0.222 e. The van der Waals surface area contributed by atoms with Crippen LogP contribution in [-0.4, -0.2) is 38.7 Å². The Bertz CT molecular complexity index is 622. The van der Waals surface area contributed by atoms with E-state index in [4.69, 9.17) is 4.98 Å². The lowest BCUT2D eigenvalue weighted by Gasteiger charge is -2.32. The monoisotopic (exact) mass is 332 g/mol. The number of nitrogens with zero attached hydrogens (tertiary/aromatic N) is 4. The summed E-state index contributed by atoms with van der Waals surface area (Å²) in [5, 5.41) is 7.53. The molecule has 1 aliphatic rings. The fourth-order valence-corrected chi connectivity index (χ4v) is 4.09. The van der Waals surface area contributed by atoms with Crippen LogP contribution >= 0.6 is 11.3 Å². The van der Waals surface area contributed by atoms with Crippen molar-refractivity contribution in [2.45, 2.75) is 51.5 Å². The number of hydrogen-bond donors (Lipinski definition) is 0. The average molecular weight is 332 g/mol. The van der Waals surface area contributed by atoms with Crippen molar-refractivity contribution < 1.29 is 4.79 Å². The molecule has 3 heterocycles. The van der Waals surface area contributed by atoms with Crippen LogP contribution in [0.15, 0.2) is 23.8 Å². The molecule has 1 saturated heterocycles. The molecule has 5 nitrogen and oxygen atoms in total. The van der Waals surface area contributed by atoms with E-state index < -0.39 is 0 Å². The van der Waals surface area contributed by atoms with Crippen molar-refractivity contribution in [2.24, 2.45) is 0 Å². The summed E-state index contributed by atoms with van der Waals surface area (Å²) < 4.78 is 1.88. The number of likely N-dealkylation sites (tertiary alicyclic amines) is 1. The van der Waals surface area contributed by atoms with Crippen molar-refractivity contribution in [3.8, 4) is 0 Å². The fraction of sp³-hybridized carbons (Fsp3) is 0.588. The highest BCUT2D eigenvalue weighted by atomic mass is 32.1. The zero-order chi connectivity index (χ0) is 16.1. The molecule has 0 aliphatic carbocycles. The van der Waals surface area contributed by atoms with E-state index in [2.05, 4.69) is 17.4 Å². The third kappa shape index (κ3) is 4.19. The Morgan fingerprint density at radius 3 is 3.13 bits per heavy atom. The van der Waals surface area contributed by atoms with Crippen LogP contribution in [0.4, 0.5) is 0 Å². The Kier molecular flexibility index (Phi) is 5.43. The number of carbonyl (C=O) groups excluding carboxylic acids is 1. The maximum atomic E-state index is 12.4. The number of amides is 1. The third-order valence-electron chi connectivity index (χ3n) is 4.39. The summed E-state index contributed by atoms with van der Waals surface area (Å²) in [5.41, 5.74) is 1.17. The maximum absolute atomic E-state index is 12.4. The van der Waals surface area contributed by atoms with E-state index in [1.165, 1.54) is 10.7 Å². The van der Waals surface area contributed by atoms with Crippen LogP contribution in [0.2, 0.25) is 0 Å². The van der Waals surface area contributed by atoms with Crippen LogP contribution in [0.3, 0.4) is 0 Å². The van der Waals surface area contributed by atoms with Gasteiger partial charge in [0, 0.05) is 49.7 Å². The SMILES string of the molecule is CCc1csc(C2CCCN(C(=O)CCCn3cccn3)C2)n1. The molecule has 0 spiro atoms. The molecule has 1 atom stereocenters. The van der Waals surface area contributed by atoms with Crippen molar-refractivity contribution in [2.75, 3.05) is 13.1 Å². The second-order valence-electron chi connectivity index (χ2n) is 6.08. The zero-order valence-corrected chi connectivity index (χ0v) is 14.5. The minimum absolute atomic E-state index is 0.272. The smallest absolute Gasteiger partial charge is 0.222 e. The molecule has 0 bridgehead atoms. The topological polar surface area (TPSA) is 51.0 Å². The lowest BCUT2D eigenvalue weighted by atomic mass is 9.98. The molecule has 1 fully saturated rings. The second kappa shape index (κ2) is 7.73. The van der Waals surface area contributed by atoms with Gasteiger partial charge < -0.3 is 4.90 Å². The molecule has 0 radical (unpaired) electrons. The molecule has 1 amide bonds. The van der Waals surface area contributed by atoms with E-state index in [9.17, 15) is 4.79 Å². The highest BCUT2D eigenvalue weighted by Gasteiger charge is 2.26. The molecule has 6 heteroatoms. The first-order valence-corrected chi connectivity index (χ1v) is 9.33. The molecule has 1 unspecified atom stereocenters. The van der Waals surface area contributed by atoms with Crippen LogP contribution in [0.5, 0.6) is 0 Å². The standard InChI is InChI=1S/C17H24N4OS/c1-2-15-13-23-17(19-15)14-6-3-9-20(12-14)16(22)7-4-10-21-11-5-8-18-21/h5,8,11,13-14H,2-4,6-7,9-10,12H2,1H3. The fourth-order valence-electron chi connectivity index (χ4n) is 3.06. The number of thiazole rings is 1. The number of rotatable bonds is 6. The summed E-state index contributed by atoms with van der Waals surface area (Å²) in [6.45, 7) is 4.66. The molecule has 2 aromatic heterocycles. The molecule has 1 aliphatic heterocycles. The van der Waals surface area contributed by atoms with Gasteiger partial charge in [0.2, 0.25) is 5.91 Å². The Hall–Kier alpha value is -1.69. The normalized spacial score (nSPS) is 18.3. The van der Waals surface area contributed by atoms with Crippen molar-refractivity contribution in [1.82, 2.24) is 19.7 Å². The minimum Gasteiger partial charge on any atom is -0.342 e. The van der Waals surface area contributed by atoms with Gasteiger partial charge in [-0.3, -0.25) is 9.48 Å². The quantitative estimate of drug-likeness (QED) is 0.817. The predicted octanol–water partition coefficient (Wildman–Crippen LogP) is 3.09. The summed E-state index contributed by atoms with van der Waals surface area (Å²) in [7, 11) is 0. The summed E-state index contributed by atoms with van der Waals surface area (Å²) in [6, 6.07) is 1.91. The van der Waals surface area contributed by atoms with Gasteiger partial charge in [0.05, 0.1) is 10.7 Å². The Morgan fingerprint density at radius 1 is 1.48 bits per heavy atom. The highest BCUT2D eigenvalue weighted by molar-refractivity contribution is 7.09. The zero-order valence-electron chi connectivity index (χ0n) is 13.6. The van der Waals surface area contributed by atoms with Crippen molar-refractivity contribution in [1.29, 1.82) is 0 Å². The van der Waals surface area contributed by atoms with Gasteiger partial charge >= 0.3 is 0 Å². The molecular formula is C17H24N4OS. The van der Waals surface area contributed by atoms with E-state index >= 15 is 0 Å². The number of carbonyl (C=O) groups is 1. The van der Waals surface area contributed by atoms with E-state index in [-0.39, 0.29) is 5.91 Å². The van der Waals surface area contributed by atoms with E-state index in [1.807, 2.05) is 21.8 Å². The first-order valence-electron chi connectivity index (χ1n) is 8.45. The molecule has 3 rings (SSSR count). The van der Waals surface area contributed by atoms with Gasteiger partial charge in [-0.1, -0.05) is 6.92 Å². The molecule has 23 heavy (non-hydrogen) atoms. The van der Waals surface area contributed by atoms with Gasteiger partial charge in [0.15, 0.2) is 0 Å². The number of hydrogen-bond acceptors (Lipinski definition) is 4. The van der Waals surface area contributed by atoms with E-state index in [1.54, 1.807) is 17.5 Å². The molecule has 0 N–H and O–H groups in total. The molecular weight excluding hydrogens is 308 g/mol. The van der Waals surface area contributed by atoms with Crippen LogP contribution < -0.4 is 0 Å². The van der Waals surface area contributed by atoms with Gasteiger partial charge in [-0.15, -0.1) is 11.3 Å². The minimum atomic E-state index is 0.272. The summed E-state index contributed by atoms with van der Waals surface area (Å²) in [5.74, 6) is 0.693. The van der Waals surface area contributed by atoms with Crippen LogP contribution in [0.25, 0.3) is 0 Å². The lowest BCUT2D eigenvalue weighted by molar-refractivity contribution is -0.132. The lowest BCUT2D eigenvalue weighted by Crippen LogP contribution is -2.39. The van der Waals surface area contributed by atoms with E-state index in [0.29, 0.717) is 12.3 Å². The van der Waals surface area contributed by atoms with Gasteiger partial charge in [-0.2, -0.15) is 5.10 Å².